The molecule has 1 aliphatic rings. The van der Waals surface area contributed by atoms with Crippen molar-refractivity contribution in [3.8, 4) is 0 Å². The third-order valence-corrected chi connectivity index (χ3v) is 2.73. The second kappa shape index (κ2) is 4.77. The normalized spacial score (nSPS) is 16.1. The van der Waals surface area contributed by atoms with E-state index in [1.54, 1.807) is 12.4 Å². The summed E-state index contributed by atoms with van der Waals surface area (Å²) in [4.78, 5) is 10.6. The summed E-state index contributed by atoms with van der Waals surface area (Å²) < 4.78 is 0. The Kier molecular flexibility index (Phi) is 3.38. The van der Waals surface area contributed by atoms with E-state index in [1.165, 1.54) is 0 Å². The first kappa shape index (κ1) is 10.6. The van der Waals surface area contributed by atoms with Crippen molar-refractivity contribution in [1.29, 1.82) is 0 Å². The number of nitrogens with zero attached hydrogens (tertiary/aromatic N) is 3. The molecule has 0 atom stereocenters. The highest BCUT2D eigenvalue weighted by Gasteiger charge is 2.25. The molecule has 0 bridgehead atoms. The van der Waals surface area contributed by atoms with Crippen LogP contribution in [0.15, 0.2) is 12.4 Å². The summed E-state index contributed by atoms with van der Waals surface area (Å²) in [7, 11) is 0. The van der Waals surface area contributed by atoms with E-state index in [0.717, 1.165) is 31.9 Å². The van der Waals surface area contributed by atoms with Gasteiger partial charge in [0.05, 0.1) is 18.4 Å². The molecule has 1 N–H and O–H groups in total. The minimum atomic E-state index is 0.459. The van der Waals surface area contributed by atoms with Crippen molar-refractivity contribution in [1.82, 2.24) is 15.3 Å². The van der Waals surface area contributed by atoms with Gasteiger partial charge in [0, 0.05) is 19.6 Å². The van der Waals surface area contributed by atoms with E-state index >= 15 is 0 Å². The number of aromatic nitrogens is 2. The summed E-state index contributed by atoms with van der Waals surface area (Å²) in [5.41, 5.74) is 0. The van der Waals surface area contributed by atoms with Gasteiger partial charge in [0.15, 0.2) is 0 Å². The van der Waals surface area contributed by atoms with Crippen LogP contribution in [0.4, 0.5) is 5.82 Å². The van der Waals surface area contributed by atoms with E-state index in [1.807, 2.05) is 0 Å². The van der Waals surface area contributed by atoms with Crippen molar-refractivity contribution in [2.45, 2.75) is 19.4 Å². The maximum absolute atomic E-state index is 5.84. The standard InChI is InChI=1S/C10H15ClN4/c1-2-3-15(8-4-12-5-8)10-7-13-6-9(11)14-10/h6-8,12H,2-5H2,1H3. The van der Waals surface area contributed by atoms with Crippen LogP contribution in [0.2, 0.25) is 5.15 Å². The molecule has 0 amide bonds. The average Bonchev–Trinajstić information content (AvgIpc) is 2.14. The van der Waals surface area contributed by atoms with Gasteiger partial charge in [-0.05, 0) is 6.42 Å². The molecule has 2 heterocycles. The van der Waals surface area contributed by atoms with Crippen molar-refractivity contribution in [3.05, 3.63) is 17.5 Å². The summed E-state index contributed by atoms with van der Waals surface area (Å²) in [6.07, 6.45) is 4.44. The van der Waals surface area contributed by atoms with Crippen molar-refractivity contribution in [3.63, 3.8) is 0 Å². The van der Waals surface area contributed by atoms with Crippen LogP contribution in [0.5, 0.6) is 0 Å². The van der Waals surface area contributed by atoms with Gasteiger partial charge in [-0.2, -0.15) is 0 Å². The van der Waals surface area contributed by atoms with Gasteiger partial charge in [-0.3, -0.25) is 4.98 Å². The highest BCUT2D eigenvalue weighted by molar-refractivity contribution is 6.29. The molecule has 1 fully saturated rings. The molecule has 0 radical (unpaired) electrons. The van der Waals surface area contributed by atoms with Crippen molar-refractivity contribution >= 4 is 17.4 Å². The lowest BCUT2D eigenvalue weighted by molar-refractivity contribution is 0.410. The van der Waals surface area contributed by atoms with E-state index in [0.29, 0.717) is 11.2 Å². The first-order valence-electron chi connectivity index (χ1n) is 5.26. The van der Waals surface area contributed by atoms with E-state index in [-0.39, 0.29) is 0 Å². The zero-order valence-corrected chi connectivity index (χ0v) is 9.54. The summed E-state index contributed by atoms with van der Waals surface area (Å²) in [5, 5.41) is 3.72. The lowest BCUT2D eigenvalue weighted by Crippen LogP contribution is -2.57. The molecule has 1 aromatic heterocycles. The second-order valence-corrected chi connectivity index (χ2v) is 4.09. The Balaban J connectivity index is 2.15. The molecule has 82 valence electrons. The minimum Gasteiger partial charge on any atom is -0.350 e. The molecule has 2 rings (SSSR count). The number of halogens is 1. The molecule has 15 heavy (non-hydrogen) atoms. The van der Waals surface area contributed by atoms with Gasteiger partial charge < -0.3 is 10.2 Å². The third kappa shape index (κ3) is 2.38. The molecular formula is C10H15ClN4. The zero-order valence-electron chi connectivity index (χ0n) is 8.78. The first-order chi connectivity index (χ1) is 7.31. The smallest absolute Gasteiger partial charge is 0.149 e. The van der Waals surface area contributed by atoms with Gasteiger partial charge in [-0.25, -0.2) is 4.98 Å². The van der Waals surface area contributed by atoms with Crippen LogP contribution in [-0.2, 0) is 0 Å². The van der Waals surface area contributed by atoms with Crippen molar-refractivity contribution < 1.29 is 0 Å². The zero-order chi connectivity index (χ0) is 10.7. The summed E-state index contributed by atoms with van der Waals surface area (Å²) in [6.45, 7) is 5.21. The lowest BCUT2D eigenvalue weighted by atomic mass is 10.1. The molecular weight excluding hydrogens is 212 g/mol. The van der Waals surface area contributed by atoms with Gasteiger partial charge in [-0.1, -0.05) is 18.5 Å². The Hall–Kier alpha value is -0.870. The number of rotatable bonds is 4. The highest BCUT2D eigenvalue weighted by Crippen LogP contribution is 2.17. The molecule has 0 aliphatic carbocycles. The van der Waals surface area contributed by atoms with Crippen LogP contribution >= 0.6 is 11.6 Å². The van der Waals surface area contributed by atoms with E-state index in [2.05, 4.69) is 27.1 Å². The molecule has 1 aromatic rings. The Bertz CT molecular complexity index is 327. The van der Waals surface area contributed by atoms with Gasteiger partial charge >= 0.3 is 0 Å². The predicted octanol–water partition coefficient (Wildman–Crippen LogP) is 1.32. The molecule has 1 aliphatic heterocycles. The maximum atomic E-state index is 5.84. The summed E-state index contributed by atoms with van der Waals surface area (Å²) >= 11 is 5.84. The van der Waals surface area contributed by atoms with Crippen LogP contribution in [0, 0.1) is 0 Å². The van der Waals surface area contributed by atoms with Crippen LogP contribution in [0.3, 0.4) is 0 Å². The molecule has 4 nitrogen and oxygen atoms in total. The number of hydrogen-bond acceptors (Lipinski definition) is 4. The molecule has 1 saturated heterocycles. The number of anilines is 1. The fourth-order valence-corrected chi connectivity index (χ4v) is 1.83. The quantitative estimate of drug-likeness (QED) is 0.841. The van der Waals surface area contributed by atoms with Gasteiger partial charge in [-0.15, -0.1) is 0 Å². The highest BCUT2D eigenvalue weighted by atomic mass is 35.5. The Morgan fingerprint density at radius 3 is 2.87 bits per heavy atom. The second-order valence-electron chi connectivity index (χ2n) is 3.71. The number of hydrogen-bond donors (Lipinski definition) is 1. The van der Waals surface area contributed by atoms with E-state index in [4.69, 9.17) is 11.6 Å². The van der Waals surface area contributed by atoms with Crippen LogP contribution in [0.1, 0.15) is 13.3 Å². The molecule has 0 unspecified atom stereocenters. The maximum Gasteiger partial charge on any atom is 0.149 e. The largest absolute Gasteiger partial charge is 0.350 e. The Labute approximate surface area is 94.7 Å². The third-order valence-electron chi connectivity index (χ3n) is 2.55. The van der Waals surface area contributed by atoms with E-state index < -0.39 is 0 Å². The SMILES string of the molecule is CCCN(c1cncc(Cl)n1)C1CNC1. The monoisotopic (exact) mass is 226 g/mol. The average molecular weight is 227 g/mol. The topological polar surface area (TPSA) is 41.1 Å². The minimum absolute atomic E-state index is 0.459. The summed E-state index contributed by atoms with van der Waals surface area (Å²) in [5.74, 6) is 0.885. The van der Waals surface area contributed by atoms with Crippen molar-refractivity contribution in [2.75, 3.05) is 24.5 Å². The molecule has 0 saturated carbocycles. The predicted molar refractivity (Wildman–Crippen MR) is 61.3 cm³/mol. The van der Waals surface area contributed by atoms with E-state index in [9.17, 15) is 0 Å². The van der Waals surface area contributed by atoms with Gasteiger partial charge in [0.1, 0.15) is 11.0 Å². The van der Waals surface area contributed by atoms with Gasteiger partial charge in [0.2, 0.25) is 0 Å². The van der Waals surface area contributed by atoms with Crippen LogP contribution in [-0.4, -0.2) is 35.6 Å². The first-order valence-corrected chi connectivity index (χ1v) is 5.64. The Morgan fingerprint density at radius 1 is 1.53 bits per heavy atom. The lowest BCUT2D eigenvalue weighted by Gasteiger charge is -2.38. The van der Waals surface area contributed by atoms with Crippen LogP contribution < -0.4 is 10.2 Å². The molecule has 0 spiro atoms. The van der Waals surface area contributed by atoms with Gasteiger partial charge in [0.25, 0.3) is 0 Å². The number of nitrogens with one attached hydrogen (secondary N) is 1. The summed E-state index contributed by atoms with van der Waals surface area (Å²) in [6, 6.07) is 0.540. The fourth-order valence-electron chi connectivity index (χ4n) is 1.69. The molecule has 5 heteroatoms. The fraction of sp³-hybridized carbons (Fsp3) is 0.600. The van der Waals surface area contributed by atoms with Crippen molar-refractivity contribution in [2.24, 2.45) is 0 Å². The Morgan fingerprint density at radius 2 is 2.33 bits per heavy atom. The molecule has 0 aromatic carbocycles. The van der Waals surface area contributed by atoms with Crippen LogP contribution in [0.25, 0.3) is 0 Å².